The molecule has 13 heavy (non-hydrogen) atoms. The quantitative estimate of drug-likeness (QED) is 0.461. The maximum Gasteiger partial charge on any atom is 0.315 e. The molecule has 0 unspecified atom stereocenters. The number of hydrogen-bond acceptors (Lipinski definition) is 2. The Kier molecular flexibility index (Phi) is 8.30. The highest BCUT2D eigenvalue weighted by Crippen LogP contribution is 1.96. The SMILES string of the molecule is CCCCCCNC(=O)NCC=O. The van der Waals surface area contributed by atoms with Gasteiger partial charge < -0.3 is 15.4 Å². The highest BCUT2D eigenvalue weighted by molar-refractivity contribution is 5.76. The molecule has 4 nitrogen and oxygen atoms in total. The minimum Gasteiger partial charge on any atom is -0.338 e. The van der Waals surface area contributed by atoms with Gasteiger partial charge in [0.1, 0.15) is 6.29 Å². The fourth-order valence-corrected chi connectivity index (χ4v) is 0.951. The van der Waals surface area contributed by atoms with Crippen LogP contribution in [0.3, 0.4) is 0 Å². The van der Waals surface area contributed by atoms with Crippen molar-refractivity contribution >= 4 is 12.3 Å². The molecule has 76 valence electrons. The van der Waals surface area contributed by atoms with Crippen LogP contribution in [0.25, 0.3) is 0 Å². The second-order valence-corrected chi connectivity index (χ2v) is 2.86. The van der Waals surface area contributed by atoms with E-state index in [-0.39, 0.29) is 12.6 Å². The van der Waals surface area contributed by atoms with Crippen molar-refractivity contribution in [1.29, 1.82) is 0 Å². The summed E-state index contributed by atoms with van der Waals surface area (Å²) in [6, 6.07) is -0.261. The second kappa shape index (κ2) is 9.03. The Bertz CT molecular complexity index is 149. The molecule has 0 aliphatic rings. The normalized spacial score (nSPS) is 9.31. The smallest absolute Gasteiger partial charge is 0.315 e. The van der Waals surface area contributed by atoms with E-state index >= 15 is 0 Å². The van der Waals surface area contributed by atoms with E-state index in [1.807, 2.05) is 0 Å². The molecule has 0 atom stereocenters. The summed E-state index contributed by atoms with van der Waals surface area (Å²) in [5, 5.41) is 5.07. The fraction of sp³-hybridized carbons (Fsp3) is 0.778. The molecule has 0 aromatic heterocycles. The highest BCUT2D eigenvalue weighted by Gasteiger charge is 1.96. The van der Waals surface area contributed by atoms with Crippen LogP contribution in [0.4, 0.5) is 4.79 Å². The molecule has 0 radical (unpaired) electrons. The van der Waals surface area contributed by atoms with E-state index in [0.29, 0.717) is 12.8 Å². The van der Waals surface area contributed by atoms with Gasteiger partial charge in [-0.2, -0.15) is 0 Å². The van der Waals surface area contributed by atoms with Gasteiger partial charge in [-0.3, -0.25) is 0 Å². The summed E-state index contributed by atoms with van der Waals surface area (Å²) in [6.45, 7) is 2.91. The molecule has 4 heteroatoms. The van der Waals surface area contributed by atoms with Crippen molar-refractivity contribution < 1.29 is 9.59 Å². The first kappa shape index (κ1) is 11.9. The predicted octanol–water partition coefficient (Wildman–Crippen LogP) is 1.06. The van der Waals surface area contributed by atoms with Gasteiger partial charge in [0.05, 0.1) is 6.54 Å². The first-order chi connectivity index (χ1) is 6.31. The van der Waals surface area contributed by atoms with Gasteiger partial charge in [-0.15, -0.1) is 0 Å². The Morgan fingerprint density at radius 1 is 1.23 bits per heavy atom. The summed E-state index contributed by atoms with van der Waals surface area (Å²) in [7, 11) is 0. The monoisotopic (exact) mass is 186 g/mol. The number of aldehydes is 1. The van der Waals surface area contributed by atoms with Crippen molar-refractivity contribution in [2.24, 2.45) is 0 Å². The van der Waals surface area contributed by atoms with E-state index in [0.717, 1.165) is 12.8 Å². The van der Waals surface area contributed by atoms with Gasteiger partial charge in [-0.05, 0) is 6.42 Å². The van der Waals surface area contributed by atoms with Gasteiger partial charge in [-0.1, -0.05) is 26.2 Å². The molecular formula is C9H18N2O2. The van der Waals surface area contributed by atoms with Crippen LogP contribution in [0, 0.1) is 0 Å². The molecular weight excluding hydrogens is 168 g/mol. The number of urea groups is 1. The van der Waals surface area contributed by atoms with Crippen molar-refractivity contribution in [2.75, 3.05) is 13.1 Å². The van der Waals surface area contributed by atoms with Gasteiger partial charge >= 0.3 is 6.03 Å². The summed E-state index contributed by atoms with van der Waals surface area (Å²) >= 11 is 0. The number of hydrogen-bond donors (Lipinski definition) is 2. The first-order valence-electron chi connectivity index (χ1n) is 4.76. The van der Waals surface area contributed by atoms with Gasteiger partial charge in [0.2, 0.25) is 0 Å². The van der Waals surface area contributed by atoms with Crippen LogP contribution in [-0.4, -0.2) is 25.4 Å². The number of nitrogens with one attached hydrogen (secondary N) is 2. The van der Waals surface area contributed by atoms with Crippen molar-refractivity contribution in [1.82, 2.24) is 10.6 Å². The first-order valence-corrected chi connectivity index (χ1v) is 4.76. The molecule has 2 N–H and O–H groups in total. The molecule has 0 saturated heterocycles. The van der Waals surface area contributed by atoms with E-state index in [9.17, 15) is 9.59 Å². The largest absolute Gasteiger partial charge is 0.338 e. The lowest BCUT2D eigenvalue weighted by Gasteiger charge is -2.04. The van der Waals surface area contributed by atoms with Gasteiger partial charge in [0, 0.05) is 6.54 Å². The van der Waals surface area contributed by atoms with E-state index < -0.39 is 0 Å². The molecule has 0 aromatic carbocycles. The number of amides is 2. The minimum atomic E-state index is -0.261. The molecule has 2 amide bonds. The van der Waals surface area contributed by atoms with E-state index in [1.54, 1.807) is 0 Å². The van der Waals surface area contributed by atoms with Crippen molar-refractivity contribution in [3.05, 3.63) is 0 Å². The topological polar surface area (TPSA) is 58.2 Å². The average molecular weight is 186 g/mol. The predicted molar refractivity (Wildman–Crippen MR) is 51.6 cm³/mol. The lowest BCUT2D eigenvalue weighted by Crippen LogP contribution is -2.36. The van der Waals surface area contributed by atoms with Crippen LogP contribution in [-0.2, 0) is 4.79 Å². The third-order valence-corrected chi connectivity index (χ3v) is 1.66. The summed E-state index contributed by atoms with van der Waals surface area (Å²) < 4.78 is 0. The molecule has 0 rings (SSSR count). The Morgan fingerprint density at radius 3 is 2.62 bits per heavy atom. The summed E-state index contributed by atoms with van der Waals surface area (Å²) in [4.78, 5) is 20.7. The van der Waals surface area contributed by atoms with E-state index in [2.05, 4.69) is 17.6 Å². The zero-order valence-electron chi connectivity index (χ0n) is 8.14. The molecule has 0 aliphatic heterocycles. The maximum absolute atomic E-state index is 10.9. The number of rotatable bonds is 7. The molecule has 0 spiro atoms. The maximum atomic E-state index is 10.9. The third kappa shape index (κ3) is 8.85. The van der Waals surface area contributed by atoms with Crippen LogP contribution in [0.5, 0.6) is 0 Å². The van der Waals surface area contributed by atoms with E-state index in [1.165, 1.54) is 12.8 Å². The number of carbonyl (C=O) groups is 2. The number of carbonyl (C=O) groups excluding carboxylic acids is 2. The van der Waals surface area contributed by atoms with Gasteiger partial charge in [0.25, 0.3) is 0 Å². The summed E-state index contributed by atoms with van der Waals surface area (Å²) in [5.74, 6) is 0. The van der Waals surface area contributed by atoms with Crippen molar-refractivity contribution in [3.63, 3.8) is 0 Å². The molecule has 0 saturated carbocycles. The Hall–Kier alpha value is -1.06. The zero-order valence-corrected chi connectivity index (χ0v) is 8.14. The van der Waals surface area contributed by atoms with Crippen molar-refractivity contribution in [3.8, 4) is 0 Å². The lowest BCUT2D eigenvalue weighted by atomic mass is 10.2. The average Bonchev–Trinajstić information content (AvgIpc) is 2.14. The van der Waals surface area contributed by atoms with Gasteiger partial charge in [0.15, 0.2) is 0 Å². The van der Waals surface area contributed by atoms with Crippen LogP contribution in [0.15, 0.2) is 0 Å². The Labute approximate surface area is 79.1 Å². The fourth-order valence-electron chi connectivity index (χ4n) is 0.951. The minimum absolute atomic E-state index is 0.0841. The van der Waals surface area contributed by atoms with Gasteiger partial charge in [-0.25, -0.2) is 4.79 Å². The van der Waals surface area contributed by atoms with E-state index in [4.69, 9.17) is 0 Å². The standard InChI is InChI=1S/C9H18N2O2/c1-2-3-4-5-6-10-9(13)11-7-8-12/h8H,2-7H2,1H3,(H2,10,11,13). The molecule has 0 aromatic rings. The van der Waals surface area contributed by atoms with Crippen LogP contribution in [0.1, 0.15) is 32.6 Å². The van der Waals surface area contributed by atoms with Crippen LogP contribution >= 0.6 is 0 Å². The summed E-state index contributed by atoms with van der Waals surface area (Å²) in [6.07, 6.45) is 5.21. The second-order valence-electron chi connectivity index (χ2n) is 2.86. The lowest BCUT2D eigenvalue weighted by molar-refractivity contribution is -0.107. The molecule has 0 heterocycles. The highest BCUT2D eigenvalue weighted by atomic mass is 16.2. The third-order valence-electron chi connectivity index (χ3n) is 1.66. The Balaban J connectivity index is 3.12. The van der Waals surface area contributed by atoms with Crippen molar-refractivity contribution in [2.45, 2.75) is 32.6 Å². The van der Waals surface area contributed by atoms with Crippen LogP contribution < -0.4 is 10.6 Å². The Morgan fingerprint density at radius 2 is 2.00 bits per heavy atom. The molecule has 0 fully saturated rings. The van der Waals surface area contributed by atoms with Crippen LogP contribution in [0.2, 0.25) is 0 Å². The molecule has 0 bridgehead atoms. The number of unbranched alkanes of at least 4 members (excludes halogenated alkanes) is 3. The summed E-state index contributed by atoms with van der Waals surface area (Å²) in [5.41, 5.74) is 0. The molecule has 0 aliphatic carbocycles. The zero-order chi connectivity index (χ0) is 9.94.